The first-order chi connectivity index (χ1) is 15.9. The minimum absolute atomic E-state index is 0.0541. The summed E-state index contributed by atoms with van der Waals surface area (Å²) in [5, 5.41) is -0.506. The van der Waals surface area contributed by atoms with Gasteiger partial charge in [-0.15, -0.1) is 11.6 Å². The monoisotopic (exact) mass is 488 g/mol. The molecule has 0 amide bonds. The lowest BCUT2D eigenvalue weighted by Crippen LogP contribution is -2.15. The summed E-state index contributed by atoms with van der Waals surface area (Å²) in [5.41, 5.74) is 2.06. The first-order valence-corrected chi connectivity index (χ1v) is 14.5. The molecular formula is C28H37ClO3S. The lowest BCUT2D eigenvalue weighted by Gasteiger charge is -2.20. The van der Waals surface area contributed by atoms with Gasteiger partial charge in [0, 0.05) is 11.1 Å². The van der Waals surface area contributed by atoms with Gasteiger partial charge in [-0.1, -0.05) is 114 Å². The fraction of sp³-hybridized carbons (Fsp3) is 0.536. The van der Waals surface area contributed by atoms with Crippen LogP contribution in [-0.4, -0.2) is 19.6 Å². The first kappa shape index (κ1) is 26.0. The zero-order chi connectivity index (χ0) is 23.7. The number of halogens is 1. The maximum atomic E-state index is 12.7. The lowest BCUT2D eigenvalue weighted by atomic mass is 9.99. The van der Waals surface area contributed by atoms with Crippen molar-refractivity contribution >= 4 is 27.2 Å². The number of hydrogen-bond acceptors (Lipinski definition) is 3. The minimum Gasteiger partial charge on any atom is -0.293 e. The van der Waals surface area contributed by atoms with Gasteiger partial charge in [-0.25, -0.2) is 8.42 Å². The van der Waals surface area contributed by atoms with E-state index in [9.17, 15) is 13.2 Å². The molecule has 0 fully saturated rings. The molecule has 0 saturated heterocycles. The van der Waals surface area contributed by atoms with Crippen LogP contribution in [0.15, 0.2) is 52.3 Å². The molecule has 2 aromatic carbocycles. The van der Waals surface area contributed by atoms with Crippen molar-refractivity contribution in [3.63, 3.8) is 0 Å². The number of carbonyl (C=O) groups excluding carboxylic acids is 1. The van der Waals surface area contributed by atoms with Gasteiger partial charge >= 0.3 is 0 Å². The van der Waals surface area contributed by atoms with Gasteiger partial charge in [-0.05, 0) is 24.1 Å². The molecule has 1 unspecified atom stereocenters. The number of carbonyl (C=O) groups is 1. The summed E-state index contributed by atoms with van der Waals surface area (Å²) >= 11 is 6.40. The van der Waals surface area contributed by atoms with E-state index in [1.807, 2.05) is 6.07 Å². The van der Waals surface area contributed by atoms with Crippen molar-refractivity contribution in [3.8, 4) is 11.1 Å². The van der Waals surface area contributed by atoms with Crippen molar-refractivity contribution in [2.45, 2.75) is 106 Å². The zero-order valence-electron chi connectivity index (χ0n) is 19.8. The van der Waals surface area contributed by atoms with Gasteiger partial charge in [-0.3, -0.25) is 4.79 Å². The molecule has 2 bridgehead atoms. The summed E-state index contributed by atoms with van der Waals surface area (Å²) in [6, 6.07) is 12.2. The Kier molecular flexibility index (Phi) is 10.0. The van der Waals surface area contributed by atoms with Crippen LogP contribution in [0, 0.1) is 0 Å². The topological polar surface area (TPSA) is 51.2 Å². The van der Waals surface area contributed by atoms with Crippen molar-refractivity contribution in [3.05, 3.63) is 48.0 Å². The summed E-state index contributed by atoms with van der Waals surface area (Å²) in [6.07, 6.45) is 16.1. The third kappa shape index (κ3) is 6.93. The van der Waals surface area contributed by atoms with E-state index >= 15 is 0 Å². The lowest BCUT2D eigenvalue weighted by molar-refractivity contribution is 0.0983. The molecule has 5 heteroatoms. The molecule has 0 spiro atoms. The summed E-state index contributed by atoms with van der Waals surface area (Å²) in [4.78, 5) is 13.4. The summed E-state index contributed by atoms with van der Waals surface area (Å²) in [5.74, 6) is -0.0541. The SMILES string of the molecule is CCCCCCCCCCCCCCC(Cl)C(=O)c1ccc(-c2ccc3cc2S3(=O)=O)cc1. The van der Waals surface area contributed by atoms with E-state index in [2.05, 4.69) is 6.92 Å². The Bertz CT molecular complexity index is 1010. The number of Topliss-reactive ketones (excluding diaryl/α,β-unsaturated/α-hetero) is 1. The first-order valence-electron chi connectivity index (χ1n) is 12.6. The summed E-state index contributed by atoms with van der Waals surface area (Å²) in [6.45, 7) is 2.26. The molecule has 2 aliphatic heterocycles. The largest absolute Gasteiger partial charge is 0.293 e. The van der Waals surface area contributed by atoms with Gasteiger partial charge in [-0.2, -0.15) is 0 Å². The van der Waals surface area contributed by atoms with Crippen molar-refractivity contribution < 1.29 is 13.2 Å². The Balaban J connectivity index is 1.32. The number of sulfone groups is 1. The van der Waals surface area contributed by atoms with Gasteiger partial charge in [0.05, 0.1) is 15.2 Å². The van der Waals surface area contributed by atoms with Gasteiger partial charge in [0.25, 0.3) is 0 Å². The average molecular weight is 489 g/mol. The molecule has 0 aromatic heterocycles. The number of benzene rings is 2. The van der Waals surface area contributed by atoms with E-state index in [1.165, 1.54) is 64.2 Å². The number of ketones is 1. The molecule has 0 saturated carbocycles. The van der Waals surface area contributed by atoms with Crippen molar-refractivity contribution in [2.75, 3.05) is 0 Å². The van der Waals surface area contributed by atoms with Gasteiger partial charge in [0.1, 0.15) is 0 Å². The number of rotatable bonds is 16. The third-order valence-electron chi connectivity index (χ3n) is 6.63. The Hall–Kier alpha value is -1.65. The number of alkyl halides is 1. The predicted molar refractivity (Wildman–Crippen MR) is 137 cm³/mol. The van der Waals surface area contributed by atoms with Crippen LogP contribution >= 0.6 is 11.6 Å². The quantitative estimate of drug-likeness (QED) is 0.115. The van der Waals surface area contributed by atoms with Crippen molar-refractivity contribution in [2.24, 2.45) is 0 Å². The predicted octanol–water partition coefficient (Wildman–Crippen LogP) is 8.38. The van der Waals surface area contributed by atoms with Crippen LogP contribution in [0.3, 0.4) is 0 Å². The van der Waals surface area contributed by atoms with Crippen LogP contribution in [0.1, 0.15) is 101 Å². The van der Waals surface area contributed by atoms with Crippen LogP contribution < -0.4 is 0 Å². The molecule has 2 heterocycles. The van der Waals surface area contributed by atoms with Crippen molar-refractivity contribution in [1.29, 1.82) is 0 Å². The second-order valence-electron chi connectivity index (χ2n) is 9.25. The molecule has 4 rings (SSSR count). The van der Waals surface area contributed by atoms with Crippen LogP contribution in [0.2, 0.25) is 0 Å². The smallest absolute Gasteiger partial charge is 0.207 e. The fourth-order valence-corrected chi connectivity index (χ4v) is 6.12. The average Bonchev–Trinajstić information content (AvgIpc) is 2.84. The Morgan fingerprint density at radius 2 is 1.33 bits per heavy atom. The normalized spacial score (nSPS) is 14.6. The molecular weight excluding hydrogens is 452 g/mol. The third-order valence-corrected chi connectivity index (χ3v) is 8.84. The van der Waals surface area contributed by atoms with Crippen LogP contribution in [0.4, 0.5) is 0 Å². The van der Waals surface area contributed by atoms with E-state index in [-0.39, 0.29) is 5.78 Å². The van der Waals surface area contributed by atoms with E-state index in [0.29, 0.717) is 27.3 Å². The minimum atomic E-state index is -3.26. The molecule has 1 atom stereocenters. The van der Waals surface area contributed by atoms with E-state index in [1.54, 1.807) is 36.4 Å². The zero-order valence-corrected chi connectivity index (χ0v) is 21.4. The van der Waals surface area contributed by atoms with Gasteiger partial charge in [0.15, 0.2) is 5.78 Å². The Morgan fingerprint density at radius 1 is 0.788 bits per heavy atom. The van der Waals surface area contributed by atoms with E-state index in [4.69, 9.17) is 11.6 Å². The molecule has 0 aliphatic carbocycles. The highest BCUT2D eigenvalue weighted by Crippen LogP contribution is 2.40. The molecule has 2 aliphatic rings. The number of unbranched alkanes of at least 4 members (excludes halogenated alkanes) is 11. The Labute approximate surface area is 204 Å². The summed E-state index contributed by atoms with van der Waals surface area (Å²) in [7, 11) is -3.26. The molecule has 33 heavy (non-hydrogen) atoms. The van der Waals surface area contributed by atoms with Gasteiger partial charge in [0.2, 0.25) is 9.84 Å². The molecule has 3 nitrogen and oxygen atoms in total. The fourth-order valence-electron chi connectivity index (χ4n) is 4.49. The van der Waals surface area contributed by atoms with Gasteiger partial charge < -0.3 is 0 Å². The summed E-state index contributed by atoms with van der Waals surface area (Å²) < 4.78 is 24.2. The highest BCUT2D eigenvalue weighted by atomic mass is 35.5. The van der Waals surface area contributed by atoms with Crippen LogP contribution in [0.5, 0.6) is 0 Å². The second-order valence-corrected chi connectivity index (χ2v) is 11.7. The standard InChI is InChI=1S/C28H37ClO3S/c1-2-3-4-5-6-7-8-9-10-11-12-13-14-26(29)28(30)23-17-15-22(16-18-23)25-20-19-24-21-27(25)33(24,31)32/h15-21,26H,2-14H2,1H3. The van der Waals surface area contributed by atoms with Crippen LogP contribution in [0.25, 0.3) is 11.1 Å². The van der Waals surface area contributed by atoms with Crippen LogP contribution in [-0.2, 0) is 9.84 Å². The van der Waals surface area contributed by atoms with E-state index < -0.39 is 15.2 Å². The Morgan fingerprint density at radius 3 is 1.85 bits per heavy atom. The highest BCUT2D eigenvalue weighted by molar-refractivity contribution is 7.92. The molecule has 2 aromatic rings. The number of fused-ring (bicyclic) bond motifs is 2. The maximum Gasteiger partial charge on any atom is 0.207 e. The highest BCUT2D eigenvalue weighted by Gasteiger charge is 2.31. The van der Waals surface area contributed by atoms with Crippen molar-refractivity contribution in [1.82, 2.24) is 0 Å². The molecule has 0 radical (unpaired) electrons. The molecule has 180 valence electrons. The van der Waals surface area contributed by atoms with E-state index in [0.717, 1.165) is 18.4 Å². The number of hydrogen-bond donors (Lipinski definition) is 0. The molecule has 0 N–H and O–H groups in total. The maximum absolute atomic E-state index is 12.7. The second kappa shape index (κ2) is 12.7.